The second-order valence-electron chi connectivity index (χ2n) is 5.20. The minimum Gasteiger partial charge on any atom is -0.508 e. The van der Waals surface area contributed by atoms with Crippen LogP contribution >= 0.6 is 0 Å². The summed E-state index contributed by atoms with van der Waals surface area (Å²) in [6.07, 6.45) is 0.813. The number of carbonyl (C=O) groups is 2. The molecule has 2 rings (SSSR count). The second kappa shape index (κ2) is 6.13. The van der Waals surface area contributed by atoms with Crippen LogP contribution in [-0.4, -0.2) is 42.0 Å². The molecule has 1 aromatic carbocycles. The van der Waals surface area contributed by atoms with Gasteiger partial charge in [-0.15, -0.1) is 0 Å². The predicted molar refractivity (Wildman–Crippen MR) is 77.0 cm³/mol. The molecule has 0 radical (unpaired) electrons. The van der Waals surface area contributed by atoms with E-state index in [-0.39, 0.29) is 23.6 Å². The highest BCUT2D eigenvalue weighted by molar-refractivity contribution is 6.00. The normalized spacial score (nSPS) is 20.5. The number of benzene rings is 1. The summed E-state index contributed by atoms with van der Waals surface area (Å²) in [6, 6.07) is 4.30. The van der Waals surface area contributed by atoms with Crippen LogP contribution in [-0.2, 0) is 9.59 Å². The lowest BCUT2D eigenvalue weighted by Gasteiger charge is -2.30. The number of amides is 2. The molecule has 21 heavy (non-hydrogen) atoms. The third-order valence-electron chi connectivity index (χ3n) is 3.80. The third kappa shape index (κ3) is 3.16. The third-order valence-corrected chi connectivity index (χ3v) is 3.80. The molecule has 114 valence electrons. The molecule has 1 saturated heterocycles. The number of hydrogen-bond donors (Lipinski definition) is 2. The molecular weight excluding hydrogens is 272 g/mol. The van der Waals surface area contributed by atoms with Crippen LogP contribution in [0.4, 0.5) is 0 Å². The van der Waals surface area contributed by atoms with E-state index in [2.05, 4.69) is 5.32 Å². The number of aromatic hydroxyl groups is 1. The number of piperidine rings is 1. The number of imide groups is 1. The summed E-state index contributed by atoms with van der Waals surface area (Å²) in [5.74, 6) is 0.387. The van der Waals surface area contributed by atoms with Crippen LogP contribution in [0.15, 0.2) is 18.2 Å². The van der Waals surface area contributed by atoms with Gasteiger partial charge < -0.3 is 9.84 Å². The van der Waals surface area contributed by atoms with Gasteiger partial charge in [0.05, 0.1) is 13.2 Å². The topological polar surface area (TPSA) is 78.9 Å². The lowest BCUT2D eigenvalue weighted by molar-refractivity contribution is -0.148. The van der Waals surface area contributed by atoms with E-state index >= 15 is 0 Å². The molecule has 2 unspecified atom stereocenters. The summed E-state index contributed by atoms with van der Waals surface area (Å²) < 4.78 is 5.14. The fraction of sp³-hybridized carbons (Fsp3) is 0.467. The number of methoxy groups -OCH3 is 1. The van der Waals surface area contributed by atoms with Crippen LogP contribution in [0.1, 0.15) is 31.4 Å². The maximum absolute atomic E-state index is 12.1. The monoisotopic (exact) mass is 292 g/mol. The molecule has 1 aliphatic heterocycles. The van der Waals surface area contributed by atoms with Crippen LogP contribution < -0.4 is 10.1 Å². The molecule has 0 aliphatic carbocycles. The molecule has 2 amide bonds. The fourth-order valence-electron chi connectivity index (χ4n) is 2.47. The van der Waals surface area contributed by atoms with E-state index in [4.69, 9.17) is 4.74 Å². The first-order chi connectivity index (χ1) is 9.93. The van der Waals surface area contributed by atoms with Gasteiger partial charge in [-0.2, -0.15) is 0 Å². The zero-order valence-corrected chi connectivity index (χ0v) is 12.4. The molecule has 0 spiro atoms. The van der Waals surface area contributed by atoms with Gasteiger partial charge in [0, 0.05) is 25.1 Å². The van der Waals surface area contributed by atoms with Gasteiger partial charge in [0.15, 0.2) is 0 Å². The van der Waals surface area contributed by atoms with Crippen molar-refractivity contribution in [2.75, 3.05) is 14.2 Å². The number of nitrogens with one attached hydrogen (secondary N) is 1. The first-order valence-electron chi connectivity index (χ1n) is 6.87. The fourth-order valence-corrected chi connectivity index (χ4v) is 2.47. The van der Waals surface area contributed by atoms with Crippen molar-refractivity contribution in [3.8, 4) is 11.5 Å². The van der Waals surface area contributed by atoms with Crippen molar-refractivity contribution in [1.82, 2.24) is 10.2 Å². The summed E-state index contributed by atoms with van der Waals surface area (Å²) in [5, 5.41) is 13.1. The standard InChI is InChI=1S/C15H20N2O4/c1-9(11-8-10(21-3)4-6-13(11)18)16-12-5-7-14(19)17(2)15(12)20/h4,6,8-9,12,16,18H,5,7H2,1-3H3. The highest BCUT2D eigenvalue weighted by Crippen LogP contribution is 2.29. The Labute approximate surface area is 123 Å². The van der Waals surface area contributed by atoms with Gasteiger partial charge in [-0.3, -0.25) is 19.8 Å². The van der Waals surface area contributed by atoms with Gasteiger partial charge in [0.1, 0.15) is 11.5 Å². The maximum atomic E-state index is 12.1. The summed E-state index contributed by atoms with van der Waals surface area (Å²) in [7, 11) is 3.05. The Bertz CT molecular complexity index is 559. The van der Waals surface area contributed by atoms with Gasteiger partial charge in [0.25, 0.3) is 0 Å². The smallest absolute Gasteiger partial charge is 0.246 e. The van der Waals surface area contributed by atoms with Crippen molar-refractivity contribution in [3.05, 3.63) is 23.8 Å². The first-order valence-corrected chi connectivity index (χ1v) is 6.87. The zero-order chi connectivity index (χ0) is 15.6. The van der Waals surface area contributed by atoms with Crippen molar-refractivity contribution in [3.63, 3.8) is 0 Å². The lowest BCUT2D eigenvalue weighted by Crippen LogP contribution is -2.51. The number of likely N-dealkylation sites (N-methyl/N-ethyl adjacent to an activating group) is 1. The van der Waals surface area contributed by atoms with E-state index < -0.39 is 6.04 Å². The maximum Gasteiger partial charge on any atom is 0.246 e. The van der Waals surface area contributed by atoms with Gasteiger partial charge >= 0.3 is 0 Å². The number of likely N-dealkylation sites (tertiary alicyclic amines) is 1. The Hall–Kier alpha value is -2.08. The number of nitrogens with zero attached hydrogens (tertiary/aromatic N) is 1. The molecule has 1 heterocycles. The van der Waals surface area contributed by atoms with Crippen molar-refractivity contribution in [2.24, 2.45) is 0 Å². The average molecular weight is 292 g/mol. The highest BCUT2D eigenvalue weighted by Gasteiger charge is 2.32. The van der Waals surface area contributed by atoms with Crippen LogP contribution in [0.5, 0.6) is 11.5 Å². The lowest BCUT2D eigenvalue weighted by atomic mass is 10.0. The Morgan fingerprint density at radius 3 is 2.81 bits per heavy atom. The molecule has 2 N–H and O–H groups in total. The first kappa shape index (κ1) is 15.3. The number of rotatable bonds is 4. The Balaban J connectivity index is 2.13. The number of hydrogen-bond acceptors (Lipinski definition) is 5. The van der Waals surface area contributed by atoms with Crippen LogP contribution in [0.2, 0.25) is 0 Å². The Morgan fingerprint density at radius 1 is 1.43 bits per heavy atom. The molecule has 6 heteroatoms. The molecule has 1 aliphatic rings. The number of phenols is 1. The summed E-state index contributed by atoms with van der Waals surface area (Å²) >= 11 is 0. The van der Waals surface area contributed by atoms with Crippen molar-refractivity contribution >= 4 is 11.8 Å². The summed E-state index contributed by atoms with van der Waals surface area (Å²) in [6.45, 7) is 1.86. The van der Waals surface area contributed by atoms with E-state index in [1.165, 1.54) is 7.05 Å². The average Bonchev–Trinajstić information content (AvgIpc) is 2.48. The minimum absolute atomic E-state index is 0.142. The summed E-state index contributed by atoms with van der Waals surface area (Å²) in [4.78, 5) is 24.7. The number of phenolic OH excluding ortho intramolecular Hbond substituents is 1. The SMILES string of the molecule is COc1ccc(O)c(C(C)NC2CCC(=O)N(C)C2=O)c1. The second-order valence-corrected chi connectivity index (χ2v) is 5.20. The van der Waals surface area contributed by atoms with Crippen LogP contribution in [0, 0.1) is 0 Å². The van der Waals surface area contributed by atoms with Gasteiger partial charge in [0.2, 0.25) is 11.8 Å². The van der Waals surface area contributed by atoms with E-state index in [1.807, 2.05) is 6.92 Å². The molecule has 2 atom stereocenters. The van der Waals surface area contributed by atoms with E-state index in [0.29, 0.717) is 24.2 Å². The largest absolute Gasteiger partial charge is 0.508 e. The molecule has 0 aromatic heterocycles. The molecule has 0 saturated carbocycles. The minimum atomic E-state index is -0.423. The predicted octanol–water partition coefficient (Wildman–Crippen LogP) is 1.20. The summed E-state index contributed by atoms with van der Waals surface area (Å²) in [5.41, 5.74) is 0.654. The van der Waals surface area contributed by atoms with Crippen molar-refractivity contribution in [2.45, 2.75) is 31.8 Å². The van der Waals surface area contributed by atoms with E-state index in [1.54, 1.807) is 25.3 Å². The molecule has 1 fully saturated rings. The van der Waals surface area contributed by atoms with Gasteiger partial charge in [-0.25, -0.2) is 0 Å². The number of ether oxygens (including phenoxy) is 1. The quantitative estimate of drug-likeness (QED) is 0.815. The Morgan fingerprint density at radius 2 is 2.14 bits per heavy atom. The van der Waals surface area contributed by atoms with E-state index in [0.717, 1.165) is 4.90 Å². The molecule has 6 nitrogen and oxygen atoms in total. The van der Waals surface area contributed by atoms with Crippen molar-refractivity contribution in [1.29, 1.82) is 0 Å². The van der Waals surface area contributed by atoms with Crippen molar-refractivity contribution < 1.29 is 19.4 Å². The van der Waals surface area contributed by atoms with E-state index in [9.17, 15) is 14.7 Å². The molecule has 0 bridgehead atoms. The van der Waals surface area contributed by atoms with Crippen LogP contribution in [0.3, 0.4) is 0 Å². The zero-order valence-electron chi connectivity index (χ0n) is 12.4. The van der Waals surface area contributed by atoms with Gasteiger partial charge in [-0.05, 0) is 31.5 Å². The Kier molecular flexibility index (Phi) is 4.47. The van der Waals surface area contributed by atoms with Crippen LogP contribution in [0.25, 0.3) is 0 Å². The molecular formula is C15H20N2O4. The van der Waals surface area contributed by atoms with Gasteiger partial charge in [-0.1, -0.05) is 0 Å². The number of carbonyl (C=O) groups excluding carboxylic acids is 2. The highest BCUT2D eigenvalue weighted by atomic mass is 16.5. The molecule has 1 aromatic rings.